The molecule has 3 nitrogen and oxygen atoms in total. The average Bonchev–Trinajstić information content (AvgIpc) is 2.60. The summed E-state index contributed by atoms with van der Waals surface area (Å²) in [4.78, 5) is 4.42. The minimum atomic E-state index is 0.579. The molecule has 1 saturated carbocycles. The number of nitrogens with one attached hydrogen (secondary N) is 1. The molecule has 1 aliphatic carbocycles. The van der Waals surface area contributed by atoms with Crippen molar-refractivity contribution in [2.45, 2.75) is 52.1 Å². The summed E-state index contributed by atoms with van der Waals surface area (Å²) in [5.74, 6) is 0.830. The zero-order chi connectivity index (χ0) is 11.7. The fraction of sp³-hybridized carbons (Fsp3) is 0.769. The molecule has 2 rings (SSSR count). The highest BCUT2D eigenvalue weighted by molar-refractivity contribution is 5.11. The molecule has 1 heterocycles. The van der Waals surface area contributed by atoms with E-state index in [4.69, 9.17) is 0 Å². The van der Waals surface area contributed by atoms with Crippen LogP contribution in [0, 0.1) is 19.8 Å². The quantitative estimate of drug-likeness (QED) is 0.831. The van der Waals surface area contributed by atoms with E-state index in [0.717, 1.165) is 11.6 Å². The van der Waals surface area contributed by atoms with E-state index in [0.29, 0.717) is 12.1 Å². The molecule has 1 aliphatic rings. The van der Waals surface area contributed by atoms with Crippen molar-refractivity contribution < 1.29 is 0 Å². The van der Waals surface area contributed by atoms with E-state index in [1.807, 2.05) is 6.33 Å². The van der Waals surface area contributed by atoms with Crippen LogP contribution >= 0.6 is 0 Å². The largest absolute Gasteiger partial charge is 0.330 e. The Hall–Kier alpha value is -0.830. The van der Waals surface area contributed by atoms with Gasteiger partial charge in [-0.2, -0.15) is 0 Å². The third-order valence-electron chi connectivity index (χ3n) is 4.09. The molecule has 0 spiro atoms. The van der Waals surface area contributed by atoms with Crippen molar-refractivity contribution in [1.29, 1.82) is 0 Å². The van der Waals surface area contributed by atoms with Gasteiger partial charge in [-0.1, -0.05) is 6.92 Å². The fourth-order valence-corrected chi connectivity index (χ4v) is 2.85. The van der Waals surface area contributed by atoms with Crippen LogP contribution in [0.2, 0.25) is 0 Å². The van der Waals surface area contributed by atoms with Gasteiger partial charge in [-0.25, -0.2) is 4.98 Å². The van der Waals surface area contributed by atoms with E-state index >= 15 is 0 Å². The van der Waals surface area contributed by atoms with Crippen molar-refractivity contribution in [2.24, 2.45) is 5.92 Å². The van der Waals surface area contributed by atoms with Crippen LogP contribution in [0.25, 0.3) is 0 Å². The molecule has 0 bridgehead atoms. The van der Waals surface area contributed by atoms with E-state index in [-0.39, 0.29) is 0 Å². The van der Waals surface area contributed by atoms with Gasteiger partial charge in [0, 0.05) is 11.7 Å². The Kier molecular flexibility index (Phi) is 3.33. The van der Waals surface area contributed by atoms with Crippen LogP contribution in [-0.4, -0.2) is 22.6 Å². The molecule has 1 aromatic rings. The lowest BCUT2D eigenvalue weighted by atomic mass is 9.83. The maximum atomic E-state index is 4.42. The van der Waals surface area contributed by atoms with Gasteiger partial charge >= 0.3 is 0 Å². The number of likely N-dealkylation sites (N-methyl/N-ethyl adjacent to an activating group) is 1. The first kappa shape index (κ1) is 11.6. The van der Waals surface area contributed by atoms with Gasteiger partial charge in [-0.05, 0) is 46.1 Å². The Morgan fingerprint density at radius 3 is 2.69 bits per heavy atom. The summed E-state index contributed by atoms with van der Waals surface area (Å²) in [5, 5.41) is 3.46. The number of nitrogens with zero attached hydrogens (tertiary/aromatic N) is 2. The van der Waals surface area contributed by atoms with Crippen molar-refractivity contribution in [3.63, 3.8) is 0 Å². The van der Waals surface area contributed by atoms with Crippen LogP contribution in [0.5, 0.6) is 0 Å². The van der Waals surface area contributed by atoms with Crippen molar-refractivity contribution in [2.75, 3.05) is 7.05 Å². The Labute approximate surface area is 98.3 Å². The second-order valence-corrected chi connectivity index (χ2v) is 5.20. The predicted molar refractivity (Wildman–Crippen MR) is 66.6 cm³/mol. The third-order valence-corrected chi connectivity index (χ3v) is 4.09. The maximum absolute atomic E-state index is 4.42. The number of rotatable bonds is 2. The predicted octanol–water partition coefficient (Wildman–Crippen LogP) is 2.45. The van der Waals surface area contributed by atoms with Crippen LogP contribution in [-0.2, 0) is 0 Å². The molecule has 3 atom stereocenters. The van der Waals surface area contributed by atoms with Gasteiger partial charge in [0.2, 0.25) is 0 Å². The van der Waals surface area contributed by atoms with E-state index in [1.54, 1.807) is 0 Å². The lowest BCUT2D eigenvalue weighted by Gasteiger charge is -2.36. The summed E-state index contributed by atoms with van der Waals surface area (Å²) in [6.45, 7) is 6.62. The second kappa shape index (κ2) is 4.58. The number of hydrogen-bond donors (Lipinski definition) is 1. The first-order chi connectivity index (χ1) is 7.63. The molecule has 0 saturated heterocycles. The van der Waals surface area contributed by atoms with Gasteiger partial charge in [-0.15, -0.1) is 0 Å². The van der Waals surface area contributed by atoms with Crippen molar-refractivity contribution >= 4 is 0 Å². The lowest BCUT2D eigenvalue weighted by molar-refractivity contribution is 0.221. The van der Waals surface area contributed by atoms with Crippen molar-refractivity contribution in [1.82, 2.24) is 14.9 Å². The van der Waals surface area contributed by atoms with Gasteiger partial charge < -0.3 is 9.88 Å². The zero-order valence-corrected chi connectivity index (χ0v) is 10.8. The number of imidazole rings is 1. The summed E-state index contributed by atoms with van der Waals surface area (Å²) in [5.41, 5.74) is 2.48. The highest BCUT2D eigenvalue weighted by Gasteiger charge is 2.29. The molecule has 0 radical (unpaired) electrons. The molecule has 0 aromatic carbocycles. The molecular formula is C13H23N3. The van der Waals surface area contributed by atoms with E-state index in [2.05, 4.69) is 42.7 Å². The highest BCUT2D eigenvalue weighted by Crippen LogP contribution is 2.33. The van der Waals surface area contributed by atoms with Gasteiger partial charge in [0.15, 0.2) is 0 Å². The monoisotopic (exact) mass is 221 g/mol. The Morgan fingerprint density at radius 1 is 1.38 bits per heavy atom. The molecule has 1 N–H and O–H groups in total. The molecule has 1 aromatic heterocycles. The Morgan fingerprint density at radius 2 is 2.12 bits per heavy atom. The van der Waals surface area contributed by atoms with Crippen LogP contribution in [0.15, 0.2) is 6.33 Å². The highest BCUT2D eigenvalue weighted by atomic mass is 15.1. The zero-order valence-electron chi connectivity index (χ0n) is 10.8. The first-order valence-corrected chi connectivity index (χ1v) is 6.30. The van der Waals surface area contributed by atoms with Gasteiger partial charge in [-0.3, -0.25) is 0 Å². The van der Waals surface area contributed by atoms with Crippen molar-refractivity contribution in [3.8, 4) is 0 Å². The van der Waals surface area contributed by atoms with E-state index in [9.17, 15) is 0 Å². The average molecular weight is 221 g/mol. The molecule has 3 heteroatoms. The Balaban J connectivity index is 2.25. The minimum Gasteiger partial charge on any atom is -0.330 e. The van der Waals surface area contributed by atoms with Gasteiger partial charge in [0.05, 0.1) is 18.1 Å². The maximum Gasteiger partial charge on any atom is 0.0954 e. The standard InChI is InChI=1S/C13H23N3/c1-9-5-6-12(14-4)13(7-9)16-8-15-10(2)11(16)3/h8-9,12-14H,5-7H2,1-4H3. The van der Waals surface area contributed by atoms with Crippen molar-refractivity contribution in [3.05, 3.63) is 17.7 Å². The van der Waals surface area contributed by atoms with Crippen LogP contribution in [0.1, 0.15) is 43.6 Å². The lowest BCUT2D eigenvalue weighted by Crippen LogP contribution is -2.39. The molecule has 0 aliphatic heterocycles. The molecule has 1 fully saturated rings. The topological polar surface area (TPSA) is 29.9 Å². The van der Waals surface area contributed by atoms with E-state index < -0.39 is 0 Å². The molecule has 0 amide bonds. The summed E-state index contributed by atoms with van der Waals surface area (Å²) < 4.78 is 2.37. The van der Waals surface area contributed by atoms with Crippen LogP contribution in [0.4, 0.5) is 0 Å². The number of hydrogen-bond acceptors (Lipinski definition) is 2. The smallest absolute Gasteiger partial charge is 0.0954 e. The number of aromatic nitrogens is 2. The summed E-state index contributed by atoms with van der Waals surface area (Å²) in [6.07, 6.45) is 5.90. The van der Waals surface area contributed by atoms with Gasteiger partial charge in [0.25, 0.3) is 0 Å². The third kappa shape index (κ3) is 2.01. The summed E-state index contributed by atoms with van der Waals surface area (Å²) in [7, 11) is 2.08. The van der Waals surface area contributed by atoms with E-state index in [1.165, 1.54) is 25.0 Å². The normalized spacial score (nSPS) is 30.6. The molecule has 3 unspecified atom stereocenters. The summed E-state index contributed by atoms with van der Waals surface area (Å²) >= 11 is 0. The SMILES string of the molecule is CNC1CCC(C)CC1n1cnc(C)c1C. The second-order valence-electron chi connectivity index (χ2n) is 5.20. The minimum absolute atomic E-state index is 0.579. The Bertz CT molecular complexity index is 356. The first-order valence-electron chi connectivity index (χ1n) is 6.30. The molecular weight excluding hydrogens is 198 g/mol. The van der Waals surface area contributed by atoms with Gasteiger partial charge in [0.1, 0.15) is 0 Å². The van der Waals surface area contributed by atoms with Crippen LogP contribution in [0.3, 0.4) is 0 Å². The molecule has 16 heavy (non-hydrogen) atoms. The summed E-state index contributed by atoms with van der Waals surface area (Å²) in [6, 6.07) is 1.18. The van der Waals surface area contributed by atoms with Crippen LogP contribution < -0.4 is 5.32 Å². The molecule has 90 valence electrons. The number of aryl methyl sites for hydroxylation is 1. The fourth-order valence-electron chi connectivity index (χ4n) is 2.85.